The number of hydrogen-bond donors (Lipinski definition) is 1. The van der Waals surface area contributed by atoms with Gasteiger partial charge in [0.1, 0.15) is 5.82 Å². The van der Waals surface area contributed by atoms with Crippen LogP contribution in [0.4, 0.5) is 4.39 Å². The van der Waals surface area contributed by atoms with E-state index in [-0.39, 0.29) is 11.4 Å². The van der Waals surface area contributed by atoms with Crippen LogP contribution < -0.4 is 5.32 Å². The molecule has 0 spiro atoms. The van der Waals surface area contributed by atoms with Crippen LogP contribution in [0.2, 0.25) is 0 Å². The number of halogens is 1. The van der Waals surface area contributed by atoms with Gasteiger partial charge in [-0.15, -0.1) is 0 Å². The Kier molecular flexibility index (Phi) is 4.48. The Morgan fingerprint density at radius 1 is 1.25 bits per heavy atom. The van der Waals surface area contributed by atoms with Gasteiger partial charge in [0, 0.05) is 5.54 Å². The van der Waals surface area contributed by atoms with Crippen molar-refractivity contribution >= 4 is 0 Å². The summed E-state index contributed by atoms with van der Waals surface area (Å²) in [5, 5.41) is 3.43. The van der Waals surface area contributed by atoms with Gasteiger partial charge in [-0.25, -0.2) is 4.39 Å². The van der Waals surface area contributed by atoms with Gasteiger partial charge >= 0.3 is 0 Å². The molecule has 0 saturated heterocycles. The van der Waals surface area contributed by atoms with Crippen LogP contribution in [0.5, 0.6) is 0 Å². The van der Waals surface area contributed by atoms with Crippen molar-refractivity contribution in [1.29, 1.82) is 0 Å². The van der Waals surface area contributed by atoms with Crippen molar-refractivity contribution in [2.75, 3.05) is 6.54 Å². The molecule has 0 radical (unpaired) electrons. The minimum atomic E-state index is -0.135. The lowest BCUT2D eigenvalue weighted by Gasteiger charge is -2.20. The maximum atomic E-state index is 13.0. The summed E-state index contributed by atoms with van der Waals surface area (Å²) < 4.78 is 13.0. The summed E-state index contributed by atoms with van der Waals surface area (Å²) in [5.41, 5.74) is 2.46. The van der Waals surface area contributed by atoms with E-state index in [0.29, 0.717) is 0 Å². The van der Waals surface area contributed by atoms with Crippen LogP contribution in [-0.2, 0) is 6.42 Å². The zero-order chi connectivity index (χ0) is 12.2. The van der Waals surface area contributed by atoms with E-state index in [2.05, 4.69) is 26.1 Å². The van der Waals surface area contributed by atoms with Crippen LogP contribution in [0, 0.1) is 12.7 Å². The Bertz CT molecular complexity index is 339. The van der Waals surface area contributed by atoms with Gasteiger partial charge in [-0.05, 0) is 70.3 Å². The Labute approximate surface area is 98.1 Å². The molecule has 0 saturated carbocycles. The fourth-order valence-electron chi connectivity index (χ4n) is 1.65. The van der Waals surface area contributed by atoms with Crippen LogP contribution in [0.1, 0.15) is 38.3 Å². The normalized spacial score (nSPS) is 11.8. The topological polar surface area (TPSA) is 12.0 Å². The Balaban J connectivity index is 2.40. The summed E-state index contributed by atoms with van der Waals surface area (Å²) in [5.74, 6) is -0.135. The average Bonchev–Trinajstić information content (AvgIpc) is 2.16. The lowest BCUT2D eigenvalue weighted by Crippen LogP contribution is -2.36. The van der Waals surface area contributed by atoms with E-state index in [1.54, 1.807) is 6.07 Å². The summed E-state index contributed by atoms with van der Waals surface area (Å²) in [6.45, 7) is 9.46. The van der Waals surface area contributed by atoms with Gasteiger partial charge in [-0.1, -0.05) is 6.07 Å². The molecule has 0 atom stereocenters. The molecule has 1 N–H and O–H groups in total. The number of nitrogens with one attached hydrogen (secondary N) is 1. The van der Waals surface area contributed by atoms with E-state index in [9.17, 15) is 4.39 Å². The van der Waals surface area contributed by atoms with Crippen molar-refractivity contribution in [2.45, 2.75) is 46.1 Å². The maximum absolute atomic E-state index is 13.0. The molecule has 2 heteroatoms. The zero-order valence-electron chi connectivity index (χ0n) is 10.7. The molecule has 1 rings (SSSR count). The molecule has 0 bridgehead atoms. The first-order chi connectivity index (χ1) is 7.38. The molecule has 1 aromatic carbocycles. The molecule has 0 aliphatic rings. The SMILES string of the molecule is Cc1ccc(F)cc1CCCNC(C)(C)C. The van der Waals surface area contributed by atoms with Crippen molar-refractivity contribution in [3.8, 4) is 0 Å². The van der Waals surface area contributed by atoms with Crippen molar-refractivity contribution in [3.05, 3.63) is 35.1 Å². The first-order valence-corrected chi connectivity index (χ1v) is 5.88. The molecule has 0 unspecified atom stereocenters. The molecule has 0 heterocycles. The average molecular weight is 223 g/mol. The Hall–Kier alpha value is -0.890. The summed E-state index contributed by atoms with van der Waals surface area (Å²) in [6.07, 6.45) is 1.98. The quantitative estimate of drug-likeness (QED) is 0.771. The predicted molar refractivity (Wildman–Crippen MR) is 67.2 cm³/mol. The van der Waals surface area contributed by atoms with Gasteiger partial charge in [-0.2, -0.15) is 0 Å². The minimum Gasteiger partial charge on any atom is -0.312 e. The second-order valence-electron chi connectivity index (χ2n) is 5.35. The lowest BCUT2D eigenvalue weighted by molar-refractivity contribution is 0.422. The number of benzene rings is 1. The number of hydrogen-bond acceptors (Lipinski definition) is 1. The number of rotatable bonds is 4. The molecular formula is C14H22FN. The largest absolute Gasteiger partial charge is 0.312 e. The first-order valence-electron chi connectivity index (χ1n) is 5.88. The van der Waals surface area contributed by atoms with Gasteiger partial charge in [0.2, 0.25) is 0 Å². The van der Waals surface area contributed by atoms with Crippen molar-refractivity contribution in [3.63, 3.8) is 0 Å². The third-order valence-electron chi connectivity index (χ3n) is 2.59. The molecule has 16 heavy (non-hydrogen) atoms. The standard InChI is InChI=1S/C14H22FN/c1-11-7-8-13(15)10-12(11)6-5-9-16-14(2,3)4/h7-8,10,16H,5-6,9H2,1-4H3. The van der Waals surface area contributed by atoms with Gasteiger partial charge in [0.15, 0.2) is 0 Å². The van der Waals surface area contributed by atoms with Crippen LogP contribution in [-0.4, -0.2) is 12.1 Å². The zero-order valence-corrected chi connectivity index (χ0v) is 10.7. The van der Waals surface area contributed by atoms with Crippen LogP contribution in [0.3, 0.4) is 0 Å². The van der Waals surface area contributed by atoms with Crippen molar-refractivity contribution < 1.29 is 4.39 Å². The predicted octanol–water partition coefficient (Wildman–Crippen LogP) is 3.45. The fraction of sp³-hybridized carbons (Fsp3) is 0.571. The van der Waals surface area contributed by atoms with Gasteiger partial charge in [0.05, 0.1) is 0 Å². The third-order valence-corrected chi connectivity index (χ3v) is 2.59. The molecule has 0 aliphatic carbocycles. The highest BCUT2D eigenvalue weighted by Crippen LogP contribution is 2.12. The monoisotopic (exact) mass is 223 g/mol. The maximum Gasteiger partial charge on any atom is 0.123 e. The highest BCUT2D eigenvalue weighted by Gasteiger charge is 2.07. The van der Waals surface area contributed by atoms with E-state index in [4.69, 9.17) is 0 Å². The third kappa shape index (κ3) is 4.75. The van der Waals surface area contributed by atoms with Crippen molar-refractivity contribution in [1.82, 2.24) is 5.32 Å². The van der Waals surface area contributed by atoms with Gasteiger partial charge < -0.3 is 5.32 Å². The summed E-state index contributed by atoms with van der Waals surface area (Å²) in [4.78, 5) is 0. The molecule has 1 aromatic rings. The summed E-state index contributed by atoms with van der Waals surface area (Å²) in [7, 11) is 0. The summed E-state index contributed by atoms with van der Waals surface area (Å²) >= 11 is 0. The minimum absolute atomic E-state index is 0.135. The van der Waals surface area contributed by atoms with Gasteiger partial charge in [-0.3, -0.25) is 0 Å². The highest BCUT2D eigenvalue weighted by molar-refractivity contribution is 5.26. The van der Waals surface area contributed by atoms with Crippen LogP contribution in [0.25, 0.3) is 0 Å². The van der Waals surface area contributed by atoms with Crippen molar-refractivity contribution in [2.24, 2.45) is 0 Å². The molecule has 0 amide bonds. The first kappa shape index (κ1) is 13.2. The highest BCUT2D eigenvalue weighted by atomic mass is 19.1. The second-order valence-corrected chi connectivity index (χ2v) is 5.35. The van der Waals surface area contributed by atoms with E-state index in [1.807, 2.05) is 13.0 Å². The lowest BCUT2D eigenvalue weighted by atomic mass is 10.0. The molecule has 0 aliphatic heterocycles. The Morgan fingerprint density at radius 2 is 1.94 bits per heavy atom. The van der Waals surface area contributed by atoms with Crippen LogP contribution in [0.15, 0.2) is 18.2 Å². The number of aryl methyl sites for hydroxylation is 2. The molecule has 1 nitrogen and oxygen atoms in total. The van der Waals surface area contributed by atoms with Gasteiger partial charge in [0.25, 0.3) is 0 Å². The van der Waals surface area contributed by atoms with E-state index in [1.165, 1.54) is 11.6 Å². The fourth-order valence-corrected chi connectivity index (χ4v) is 1.65. The smallest absolute Gasteiger partial charge is 0.123 e. The molecule has 0 aromatic heterocycles. The second kappa shape index (κ2) is 5.44. The van der Waals surface area contributed by atoms with E-state index in [0.717, 1.165) is 24.9 Å². The summed E-state index contributed by atoms with van der Waals surface area (Å²) in [6, 6.07) is 5.01. The van der Waals surface area contributed by atoms with Crippen LogP contribution >= 0.6 is 0 Å². The van der Waals surface area contributed by atoms with E-state index < -0.39 is 0 Å². The molecule has 90 valence electrons. The van der Waals surface area contributed by atoms with E-state index >= 15 is 0 Å². The Morgan fingerprint density at radius 3 is 2.56 bits per heavy atom. The molecular weight excluding hydrogens is 201 g/mol. The molecule has 0 fully saturated rings.